The van der Waals surface area contributed by atoms with Crippen molar-refractivity contribution in [1.82, 2.24) is 4.90 Å². The van der Waals surface area contributed by atoms with Crippen molar-refractivity contribution in [3.8, 4) is 0 Å². The fourth-order valence-corrected chi connectivity index (χ4v) is 1.13. The topological polar surface area (TPSA) is 23.5 Å². The minimum absolute atomic E-state index is 0.196. The molecule has 0 spiro atoms. The summed E-state index contributed by atoms with van der Waals surface area (Å²) < 4.78 is 0. The van der Waals surface area contributed by atoms with Crippen molar-refractivity contribution in [2.24, 2.45) is 0 Å². The summed E-state index contributed by atoms with van der Waals surface area (Å²) >= 11 is 0. The van der Waals surface area contributed by atoms with Gasteiger partial charge in [-0.1, -0.05) is 6.08 Å². The number of aliphatic hydroxyl groups is 1. The van der Waals surface area contributed by atoms with E-state index in [-0.39, 0.29) is 6.10 Å². The van der Waals surface area contributed by atoms with E-state index in [0.717, 1.165) is 26.1 Å². The molecule has 1 unspecified atom stereocenters. The average Bonchev–Trinajstić information content (AvgIpc) is 1.80. The molecule has 10 heavy (non-hydrogen) atoms. The molecule has 1 atom stereocenters. The van der Waals surface area contributed by atoms with Gasteiger partial charge >= 0.3 is 0 Å². The molecule has 0 aromatic rings. The molecular formula is C8H15NO. The van der Waals surface area contributed by atoms with Gasteiger partial charge in [-0.25, -0.2) is 0 Å². The van der Waals surface area contributed by atoms with Crippen molar-refractivity contribution in [3.63, 3.8) is 0 Å². The number of hydrogen-bond donors (Lipinski definition) is 1. The molecule has 58 valence electrons. The first-order valence-electron chi connectivity index (χ1n) is 3.84. The fourth-order valence-electron chi connectivity index (χ4n) is 1.13. The minimum Gasteiger partial charge on any atom is -0.391 e. The molecule has 1 aliphatic rings. The molecule has 2 heteroatoms. The molecule has 0 radical (unpaired) electrons. The number of rotatable bonds is 4. The zero-order chi connectivity index (χ0) is 7.40. The third kappa shape index (κ3) is 2.12. The first-order chi connectivity index (χ1) is 4.83. The maximum absolute atomic E-state index is 9.27. The first-order valence-corrected chi connectivity index (χ1v) is 3.84. The summed E-state index contributed by atoms with van der Waals surface area (Å²) in [6, 6.07) is 0. The Labute approximate surface area is 62.2 Å². The summed E-state index contributed by atoms with van der Waals surface area (Å²) in [7, 11) is 0. The Hall–Kier alpha value is -0.340. The second kappa shape index (κ2) is 3.74. The van der Waals surface area contributed by atoms with Gasteiger partial charge in [-0.15, -0.1) is 6.58 Å². The molecule has 2 nitrogen and oxygen atoms in total. The largest absolute Gasteiger partial charge is 0.391 e. The van der Waals surface area contributed by atoms with Gasteiger partial charge in [0.15, 0.2) is 0 Å². The molecule has 1 N–H and O–H groups in total. The number of β-amino-alcohol motifs (C(OH)–C–C–N with tert-alkyl or cyclic N) is 1. The molecule has 1 fully saturated rings. The molecule has 1 heterocycles. The highest BCUT2D eigenvalue weighted by Gasteiger charge is 2.16. The molecule has 0 saturated carbocycles. The summed E-state index contributed by atoms with van der Waals surface area (Å²) in [5.74, 6) is 0. The maximum Gasteiger partial charge on any atom is 0.0701 e. The lowest BCUT2D eigenvalue weighted by Gasteiger charge is -2.32. The Bertz CT molecular complexity index is 110. The lowest BCUT2D eigenvalue weighted by Crippen LogP contribution is -2.41. The summed E-state index contributed by atoms with van der Waals surface area (Å²) in [5.41, 5.74) is 0. The third-order valence-electron chi connectivity index (χ3n) is 1.86. The van der Waals surface area contributed by atoms with Crippen LogP contribution in [0.3, 0.4) is 0 Å². The van der Waals surface area contributed by atoms with Gasteiger partial charge in [-0.05, 0) is 25.9 Å². The maximum atomic E-state index is 9.27. The van der Waals surface area contributed by atoms with E-state index >= 15 is 0 Å². The molecule has 1 saturated heterocycles. The highest BCUT2D eigenvalue weighted by atomic mass is 16.3. The first kappa shape index (κ1) is 7.76. The highest BCUT2D eigenvalue weighted by molar-refractivity contribution is 4.77. The van der Waals surface area contributed by atoms with Crippen molar-refractivity contribution >= 4 is 0 Å². The third-order valence-corrected chi connectivity index (χ3v) is 1.86. The van der Waals surface area contributed by atoms with Crippen LogP contribution in [0.5, 0.6) is 0 Å². The fraction of sp³-hybridized carbons (Fsp3) is 0.750. The van der Waals surface area contributed by atoms with Gasteiger partial charge in [0.05, 0.1) is 6.10 Å². The molecule has 0 aliphatic carbocycles. The second-order valence-corrected chi connectivity index (χ2v) is 2.83. The average molecular weight is 141 g/mol. The van der Waals surface area contributed by atoms with Crippen LogP contribution in [0.25, 0.3) is 0 Å². The minimum atomic E-state index is -0.196. The molecular weight excluding hydrogens is 126 g/mol. The van der Waals surface area contributed by atoms with Crippen LogP contribution in [0, 0.1) is 0 Å². The van der Waals surface area contributed by atoms with Gasteiger partial charge < -0.3 is 10.0 Å². The predicted molar refractivity (Wildman–Crippen MR) is 41.9 cm³/mol. The lowest BCUT2D eigenvalue weighted by atomic mass is 10.1. The summed E-state index contributed by atoms with van der Waals surface area (Å²) in [5, 5.41) is 9.27. The van der Waals surface area contributed by atoms with Gasteiger partial charge in [0.1, 0.15) is 0 Å². The van der Waals surface area contributed by atoms with Gasteiger partial charge in [0.2, 0.25) is 0 Å². The standard InChI is InChI=1S/C8H15NO/c1-2-4-8(10)7-9-5-3-6-9/h2,8,10H,1,3-7H2. The lowest BCUT2D eigenvalue weighted by molar-refractivity contribution is 0.0807. The van der Waals surface area contributed by atoms with Crippen LogP contribution in [0.15, 0.2) is 12.7 Å². The molecule has 0 aromatic carbocycles. The summed E-state index contributed by atoms with van der Waals surface area (Å²) in [4.78, 5) is 2.26. The van der Waals surface area contributed by atoms with Gasteiger partial charge in [-0.2, -0.15) is 0 Å². The monoisotopic (exact) mass is 141 g/mol. The Morgan fingerprint density at radius 3 is 2.70 bits per heavy atom. The van der Waals surface area contributed by atoms with E-state index in [1.165, 1.54) is 6.42 Å². The van der Waals surface area contributed by atoms with Gasteiger partial charge in [-0.3, -0.25) is 0 Å². The van der Waals surface area contributed by atoms with E-state index in [1.54, 1.807) is 6.08 Å². The normalized spacial score (nSPS) is 21.7. The quantitative estimate of drug-likeness (QED) is 0.580. The van der Waals surface area contributed by atoms with Crippen LogP contribution in [-0.4, -0.2) is 35.7 Å². The van der Waals surface area contributed by atoms with Crippen LogP contribution in [0.1, 0.15) is 12.8 Å². The van der Waals surface area contributed by atoms with Crippen LogP contribution in [-0.2, 0) is 0 Å². The van der Waals surface area contributed by atoms with Crippen LogP contribution in [0.4, 0.5) is 0 Å². The highest BCUT2D eigenvalue weighted by Crippen LogP contribution is 2.07. The van der Waals surface area contributed by atoms with Crippen molar-refractivity contribution in [3.05, 3.63) is 12.7 Å². The summed E-state index contributed by atoms with van der Waals surface area (Å²) in [6.45, 7) is 6.72. The van der Waals surface area contributed by atoms with Crippen molar-refractivity contribution in [2.75, 3.05) is 19.6 Å². The van der Waals surface area contributed by atoms with E-state index in [0.29, 0.717) is 0 Å². The van der Waals surface area contributed by atoms with Crippen LogP contribution in [0.2, 0.25) is 0 Å². The Kier molecular flexibility index (Phi) is 2.90. The Morgan fingerprint density at radius 2 is 2.30 bits per heavy atom. The summed E-state index contributed by atoms with van der Waals surface area (Å²) in [6.07, 6.45) is 3.58. The van der Waals surface area contributed by atoms with Crippen molar-refractivity contribution in [2.45, 2.75) is 18.9 Å². The van der Waals surface area contributed by atoms with Crippen molar-refractivity contribution < 1.29 is 5.11 Å². The number of hydrogen-bond acceptors (Lipinski definition) is 2. The van der Waals surface area contributed by atoms with E-state index in [1.807, 2.05) is 0 Å². The van der Waals surface area contributed by atoms with E-state index in [9.17, 15) is 5.11 Å². The predicted octanol–water partition coefficient (Wildman–Crippen LogP) is 0.629. The van der Waals surface area contributed by atoms with Crippen LogP contribution < -0.4 is 0 Å². The SMILES string of the molecule is C=CCC(O)CN1CCC1. The van der Waals surface area contributed by atoms with E-state index < -0.39 is 0 Å². The van der Waals surface area contributed by atoms with Crippen molar-refractivity contribution in [1.29, 1.82) is 0 Å². The van der Waals surface area contributed by atoms with Gasteiger partial charge in [0.25, 0.3) is 0 Å². The molecule has 1 aliphatic heterocycles. The molecule has 0 bridgehead atoms. The number of aliphatic hydroxyl groups excluding tert-OH is 1. The molecule has 0 amide bonds. The molecule has 1 rings (SSSR count). The number of likely N-dealkylation sites (tertiary alicyclic amines) is 1. The smallest absolute Gasteiger partial charge is 0.0701 e. The zero-order valence-electron chi connectivity index (χ0n) is 6.29. The number of nitrogens with zero attached hydrogens (tertiary/aromatic N) is 1. The van der Waals surface area contributed by atoms with Gasteiger partial charge in [0, 0.05) is 6.54 Å². The van der Waals surface area contributed by atoms with E-state index in [2.05, 4.69) is 11.5 Å². The Morgan fingerprint density at radius 1 is 1.60 bits per heavy atom. The zero-order valence-corrected chi connectivity index (χ0v) is 6.29. The Balaban J connectivity index is 2.04. The van der Waals surface area contributed by atoms with E-state index in [4.69, 9.17) is 0 Å². The molecule has 0 aromatic heterocycles. The second-order valence-electron chi connectivity index (χ2n) is 2.83. The van der Waals surface area contributed by atoms with Crippen LogP contribution >= 0.6 is 0 Å².